The summed E-state index contributed by atoms with van der Waals surface area (Å²) in [5.41, 5.74) is 0.956. The molecule has 5 nitrogen and oxygen atoms in total. The first kappa shape index (κ1) is 18.9. The van der Waals surface area contributed by atoms with E-state index < -0.39 is 0 Å². The molecular formula is C19H31N3O2. The highest BCUT2D eigenvalue weighted by molar-refractivity contribution is 5.95. The summed E-state index contributed by atoms with van der Waals surface area (Å²) >= 11 is 0. The maximum Gasteiger partial charge on any atom is 0.241 e. The molecule has 1 amide bonds. The first-order chi connectivity index (χ1) is 11.4. The second-order valence-corrected chi connectivity index (χ2v) is 7.12. The Bertz CT molecular complexity index is 519. The van der Waals surface area contributed by atoms with E-state index in [0.29, 0.717) is 19.1 Å². The van der Waals surface area contributed by atoms with Gasteiger partial charge in [0.15, 0.2) is 0 Å². The minimum absolute atomic E-state index is 0.131. The Morgan fingerprint density at radius 1 is 1.25 bits per heavy atom. The van der Waals surface area contributed by atoms with Crippen molar-refractivity contribution in [2.24, 2.45) is 0 Å². The number of carbonyl (C=O) groups is 1. The fourth-order valence-corrected chi connectivity index (χ4v) is 3.41. The van der Waals surface area contributed by atoms with E-state index in [1.165, 1.54) is 0 Å². The van der Waals surface area contributed by atoms with E-state index in [9.17, 15) is 9.90 Å². The molecule has 0 radical (unpaired) electrons. The molecular weight excluding hydrogens is 302 g/mol. The third-order valence-electron chi connectivity index (χ3n) is 4.53. The maximum absolute atomic E-state index is 12.9. The van der Waals surface area contributed by atoms with Gasteiger partial charge in [0.25, 0.3) is 0 Å². The lowest BCUT2D eigenvalue weighted by atomic mass is 10.1. The molecule has 0 saturated carbocycles. The van der Waals surface area contributed by atoms with E-state index in [2.05, 4.69) is 30.6 Å². The third-order valence-corrected chi connectivity index (χ3v) is 4.53. The molecule has 1 aromatic rings. The number of anilines is 1. The number of benzene rings is 1. The highest BCUT2D eigenvalue weighted by Crippen LogP contribution is 2.18. The number of rotatable bonds is 6. The second-order valence-electron chi connectivity index (χ2n) is 7.12. The molecule has 1 aliphatic rings. The summed E-state index contributed by atoms with van der Waals surface area (Å²) in [6, 6.07) is 10.3. The number of aliphatic hydroxyl groups is 1. The van der Waals surface area contributed by atoms with Gasteiger partial charge in [0.1, 0.15) is 0 Å². The Balaban J connectivity index is 1.98. The van der Waals surface area contributed by atoms with Gasteiger partial charge in [-0.25, -0.2) is 0 Å². The number of carbonyl (C=O) groups excluding carboxylic acids is 1. The standard InChI is InChI=1S/C19H31N3O2/c1-15(2)22(18-8-6-5-7-9-18)19(24)14-21-11-10-20(12-16(21)3)13-17(4)23/h5-9,15-17,23H,10-14H2,1-4H3/t16-,17+/m1/s1. The molecule has 1 N–H and O–H groups in total. The first-order valence-electron chi connectivity index (χ1n) is 8.90. The molecule has 0 aromatic heterocycles. The fourth-order valence-electron chi connectivity index (χ4n) is 3.41. The number of aliphatic hydroxyl groups excluding tert-OH is 1. The molecule has 134 valence electrons. The summed E-state index contributed by atoms with van der Waals surface area (Å²) in [6.07, 6.45) is -0.306. The van der Waals surface area contributed by atoms with Gasteiger partial charge in [-0.15, -0.1) is 0 Å². The Kier molecular flexibility index (Phi) is 6.78. The lowest BCUT2D eigenvalue weighted by Gasteiger charge is -2.41. The van der Waals surface area contributed by atoms with Crippen LogP contribution in [-0.4, -0.2) is 71.7 Å². The second kappa shape index (κ2) is 8.60. The van der Waals surface area contributed by atoms with Gasteiger partial charge in [-0.05, 0) is 39.8 Å². The van der Waals surface area contributed by atoms with Crippen LogP contribution in [-0.2, 0) is 4.79 Å². The highest BCUT2D eigenvalue weighted by Gasteiger charge is 2.28. The minimum atomic E-state index is -0.306. The number of hydrogen-bond acceptors (Lipinski definition) is 4. The van der Waals surface area contributed by atoms with Gasteiger partial charge < -0.3 is 10.0 Å². The smallest absolute Gasteiger partial charge is 0.241 e. The average molecular weight is 333 g/mol. The van der Waals surface area contributed by atoms with Gasteiger partial charge in [0.2, 0.25) is 5.91 Å². The van der Waals surface area contributed by atoms with Crippen LogP contribution in [0.15, 0.2) is 30.3 Å². The van der Waals surface area contributed by atoms with Crippen molar-refractivity contribution in [2.75, 3.05) is 37.6 Å². The summed E-state index contributed by atoms with van der Waals surface area (Å²) in [5, 5.41) is 9.55. The molecule has 2 atom stereocenters. The largest absolute Gasteiger partial charge is 0.392 e. The van der Waals surface area contributed by atoms with Gasteiger partial charge >= 0.3 is 0 Å². The lowest BCUT2D eigenvalue weighted by molar-refractivity contribution is -0.121. The van der Waals surface area contributed by atoms with Gasteiger partial charge in [0, 0.05) is 44.0 Å². The van der Waals surface area contributed by atoms with Crippen LogP contribution in [0.5, 0.6) is 0 Å². The molecule has 2 rings (SSSR count). The zero-order valence-electron chi connectivity index (χ0n) is 15.4. The van der Waals surface area contributed by atoms with Gasteiger partial charge in [-0.3, -0.25) is 14.6 Å². The minimum Gasteiger partial charge on any atom is -0.392 e. The Morgan fingerprint density at radius 2 is 1.92 bits per heavy atom. The first-order valence-corrected chi connectivity index (χ1v) is 8.90. The summed E-state index contributed by atoms with van der Waals surface area (Å²) in [6.45, 7) is 11.9. The molecule has 1 aliphatic heterocycles. The number of β-amino-alcohol motifs (C(OH)–C–C–N with tert-alkyl or cyclic N) is 1. The van der Waals surface area contributed by atoms with Crippen molar-refractivity contribution in [3.8, 4) is 0 Å². The molecule has 1 saturated heterocycles. The van der Waals surface area contributed by atoms with Crippen LogP contribution in [0.3, 0.4) is 0 Å². The van der Waals surface area contributed by atoms with Crippen LogP contribution in [0.1, 0.15) is 27.7 Å². The van der Waals surface area contributed by atoms with Crippen molar-refractivity contribution < 1.29 is 9.90 Å². The fraction of sp³-hybridized carbons (Fsp3) is 0.632. The third kappa shape index (κ3) is 5.03. The van der Waals surface area contributed by atoms with Crippen molar-refractivity contribution >= 4 is 11.6 Å². The molecule has 0 unspecified atom stereocenters. The number of hydrogen-bond donors (Lipinski definition) is 1. The Labute approximate surface area is 145 Å². The maximum atomic E-state index is 12.9. The molecule has 24 heavy (non-hydrogen) atoms. The van der Waals surface area contributed by atoms with Crippen LogP contribution < -0.4 is 4.90 Å². The number of nitrogens with zero attached hydrogens (tertiary/aromatic N) is 3. The summed E-state index contributed by atoms with van der Waals surface area (Å²) < 4.78 is 0. The average Bonchev–Trinajstić information content (AvgIpc) is 2.50. The van der Waals surface area contributed by atoms with Crippen molar-refractivity contribution in [2.45, 2.75) is 45.9 Å². The summed E-state index contributed by atoms with van der Waals surface area (Å²) in [7, 11) is 0. The van der Waals surface area contributed by atoms with Crippen LogP contribution in [0, 0.1) is 0 Å². The van der Waals surface area contributed by atoms with Crippen molar-refractivity contribution in [3.63, 3.8) is 0 Å². The molecule has 0 spiro atoms. The molecule has 5 heteroatoms. The summed E-state index contributed by atoms with van der Waals surface area (Å²) in [4.78, 5) is 19.3. The van der Waals surface area contributed by atoms with Gasteiger partial charge in [-0.2, -0.15) is 0 Å². The topological polar surface area (TPSA) is 47.0 Å². The van der Waals surface area contributed by atoms with Gasteiger partial charge in [0.05, 0.1) is 12.6 Å². The van der Waals surface area contributed by atoms with E-state index in [0.717, 1.165) is 25.3 Å². The molecule has 0 aliphatic carbocycles. The normalized spacial score (nSPS) is 21.0. The van der Waals surface area contributed by atoms with E-state index in [-0.39, 0.29) is 18.1 Å². The number of amides is 1. The Morgan fingerprint density at radius 3 is 2.46 bits per heavy atom. The highest BCUT2D eigenvalue weighted by atomic mass is 16.3. The molecule has 0 bridgehead atoms. The number of para-hydroxylation sites is 1. The molecule has 1 aromatic carbocycles. The van der Waals surface area contributed by atoms with Crippen molar-refractivity contribution in [1.82, 2.24) is 9.80 Å². The van der Waals surface area contributed by atoms with Crippen LogP contribution in [0.25, 0.3) is 0 Å². The van der Waals surface area contributed by atoms with Crippen molar-refractivity contribution in [1.29, 1.82) is 0 Å². The zero-order valence-corrected chi connectivity index (χ0v) is 15.4. The lowest BCUT2D eigenvalue weighted by Crippen LogP contribution is -2.56. The van der Waals surface area contributed by atoms with Gasteiger partial charge in [-0.1, -0.05) is 18.2 Å². The molecule has 1 fully saturated rings. The van der Waals surface area contributed by atoms with Crippen LogP contribution in [0.2, 0.25) is 0 Å². The monoisotopic (exact) mass is 333 g/mol. The number of piperazine rings is 1. The van der Waals surface area contributed by atoms with E-state index in [4.69, 9.17) is 0 Å². The predicted octanol–water partition coefficient (Wildman–Crippen LogP) is 1.81. The Hall–Kier alpha value is -1.43. The van der Waals surface area contributed by atoms with E-state index in [1.54, 1.807) is 0 Å². The van der Waals surface area contributed by atoms with E-state index in [1.807, 2.05) is 42.2 Å². The zero-order chi connectivity index (χ0) is 17.7. The summed E-state index contributed by atoms with van der Waals surface area (Å²) in [5.74, 6) is 0.145. The predicted molar refractivity (Wildman–Crippen MR) is 98.2 cm³/mol. The molecule has 1 heterocycles. The quantitative estimate of drug-likeness (QED) is 0.863. The van der Waals surface area contributed by atoms with E-state index >= 15 is 0 Å². The van der Waals surface area contributed by atoms with Crippen LogP contribution in [0.4, 0.5) is 5.69 Å². The SMILES string of the molecule is CC(C)N(C(=O)CN1CCN(C[C@H](C)O)C[C@H]1C)c1ccccc1. The van der Waals surface area contributed by atoms with Crippen molar-refractivity contribution in [3.05, 3.63) is 30.3 Å². The van der Waals surface area contributed by atoms with Crippen LogP contribution >= 0.6 is 0 Å².